The molecular formula is C31H33N9O3. The smallest absolute Gasteiger partial charge is 0.212 e. The molecule has 0 aromatic carbocycles. The van der Waals surface area contributed by atoms with Crippen molar-refractivity contribution in [3.63, 3.8) is 0 Å². The number of nitrogens with zero attached hydrogens (tertiary/aromatic N) is 9. The van der Waals surface area contributed by atoms with Crippen LogP contribution in [0.3, 0.4) is 0 Å². The van der Waals surface area contributed by atoms with Crippen molar-refractivity contribution in [2.75, 3.05) is 64.6 Å². The summed E-state index contributed by atoms with van der Waals surface area (Å²) in [5.41, 5.74) is 4.24. The third-order valence-corrected chi connectivity index (χ3v) is 9.27. The van der Waals surface area contributed by atoms with Crippen LogP contribution in [-0.4, -0.2) is 106 Å². The Labute approximate surface area is 249 Å². The molecule has 4 aromatic heterocycles. The van der Waals surface area contributed by atoms with Crippen LogP contribution in [0.1, 0.15) is 17.5 Å². The maximum Gasteiger partial charge on any atom is 0.212 e. The monoisotopic (exact) mass is 579 g/mol. The van der Waals surface area contributed by atoms with Crippen LogP contribution in [0.5, 0.6) is 11.6 Å². The fraction of sp³-hybridized carbons (Fsp3) is 0.452. The summed E-state index contributed by atoms with van der Waals surface area (Å²) in [6, 6.07) is 9.16. The topological polar surface area (TPSA) is 117 Å². The van der Waals surface area contributed by atoms with Gasteiger partial charge in [0.15, 0.2) is 0 Å². The molecule has 12 nitrogen and oxygen atoms in total. The molecule has 220 valence electrons. The van der Waals surface area contributed by atoms with E-state index in [0.29, 0.717) is 52.5 Å². The average Bonchev–Trinajstić information content (AvgIpc) is 3.43. The number of nitriles is 1. The number of methoxy groups -OCH3 is 1. The highest BCUT2D eigenvalue weighted by molar-refractivity contribution is 5.83. The van der Waals surface area contributed by atoms with Gasteiger partial charge in [-0.25, -0.2) is 14.5 Å². The Morgan fingerprint density at radius 3 is 2.60 bits per heavy atom. The first-order valence-electron chi connectivity index (χ1n) is 14.8. The number of likely N-dealkylation sites (tertiary alicyclic amines) is 1. The SMILES string of the molecule is COc1ccc(CN2C3CC2CN(c2cnc(-c4cc(OCCN5CC6(COC6)C5)cn5ncc(C#N)c45)cn2)C3)cn1. The molecule has 2 atom stereocenters. The van der Waals surface area contributed by atoms with Gasteiger partial charge in [-0.1, -0.05) is 6.07 Å². The molecule has 9 heterocycles. The summed E-state index contributed by atoms with van der Waals surface area (Å²) in [6.45, 7) is 8.05. The summed E-state index contributed by atoms with van der Waals surface area (Å²) < 4.78 is 18.4. The van der Waals surface area contributed by atoms with Gasteiger partial charge in [-0.15, -0.1) is 0 Å². The Bertz CT molecular complexity index is 1660. The summed E-state index contributed by atoms with van der Waals surface area (Å²) >= 11 is 0. The summed E-state index contributed by atoms with van der Waals surface area (Å²) in [5, 5.41) is 14.2. The highest BCUT2D eigenvalue weighted by Gasteiger charge is 2.48. The molecule has 5 fully saturated rings. The summed E-state index contributed by atoms with van der Waals surface area (Å²) in [5.74, 6) is 2.19. The molecule has 43 heavy (non-hydrogen) atoms. The van der Waals surface area contributed by atoms with Gasteiger partial charge in [0.25, 0.3) is 0 Å². The number of hydrogen-bond donors (Lipinski definition) is 0. The maximum atomic E-state index is 9.75. The predicted molar refractivity (Wildman–Crippen MR) is 157 cm³/mol. The van der Waals surface area contributed by atoms with Gasteiger partial charge in [0, 0.05) is 74.6 Å². The van der Waals surface area contributed by atoms with Gasteiger partial charge in [-0.05, 0) is 18.1 Å². The number of pyridine rings is 2. The first-order valence-corrected chi connectivity index (χ1v) is 14.8. The van der Waals surface area contributed by atoms with Crippen LogP contribution in [0, 0.1) is 16.7 Å². The highest BCUT2D eigenvalue weighted by atomic mass is 16.5. The second-order valence-corrected chi connectivity index (χ2v) is 12.2. The zero-order valence-corrected chi connectivity index (χ0v) is 24.1. The summed E-state index contributed by atoms with van der Waals surface area (Å²) in [7, 11) is 1.63. The van der Waals surface area contributed by atoms with Crippen molar-refractivity contribution in [2.45, 2.75) is 25.0 Å². The second kappa shape index (κ2) is 10.4. The van der Waals surface area contributed by atoms with E-state index >= 15 is 0 Å². The van der Waals surface area contributed by atoms with E-state index in [-0.39, 0.29) is 0 Å². The van der Waals surface area contributed by atoms with Crippen LogP contribution < -0.4 is 14.4 Å². The molecule has 0 amide bonds. The predicted octanol–water partition coefficient (Wildman–Crippen LogP) is 2.24. The van der Waals surface area contributed by atoms with E-state index in [2.05, 4.69) is 36.9 Å². The molecule has 5 aliphatic heterocycles. The number of ether oxygens (including phenoxy) is 3. The normalized spacial score (nSPS) is 22.5. The molecule has 5 aliphatic rings. The molecule has 0 saturated carbocycles. The van der Waals surface area contributed by atoms with Crippen molar-refractivity contribution in [3.8, 4) is 29.0 Å². The lowest BCUT2D eigenvalue weighted by molar-refractivity contribution is -0.189. The fourth-order valence-electron chi connectivity index (χ4n) is 6.97. The molecule has 5 saturated heterocycles. The van der Waals surface area contributed by atoms with Crippen LogP contribution in [0.4, 0.5) is 5.82 Å². The largest absolute Gasteiger partial charge is 0.491 e. The second-order valence-electron chi connectivity index (χ2n) is 12.2. The Kier molecular flexibility index (Phi) is 6.40. The van der Waals surface area contributed by atoms with Crippen LogP contribution >= 0.6 is 0 Å². The molecule has 0 aliphatic carbocycles. The minimum atomic E-state index is 0.392. The standard InChI is InChI=1S/C31H33N9O3/c1-41-29-3-2-21(9-35-29)13-39-23-6-24(39)15-38(14-23)28-12-33-27(11-34-28)26-7-25(16-40-30(26)22(8-32)10-36-40)43-5-4-37-17-31(18-37)19-42-20-31/h2-3,7,9-12,16,23-24H,4-6,13-15,17-20H2,1H3. The van der Waals surface area contributed by atoms with Crippen molar-refractivity contribution >= 4 is 11.3 Å². The van der Waals surface area contributed by atoms with Crippen molar-refractivity contribution < 1.29 is 14.2 Å². The van der Waals surface area contributed by atoms with Gasteiger partial charge in [0.1, 0.15) is 24.2 Å². The number of rotatable bonds is 9. The lowest BCUT2D eigenvalue weighted by Gasteiger charge is -2.56. The third kappa shape index (κ3) is 4.74. The quantitative estimate of drug-likeness (QED) is 0.291. The van der Waals surface area contributed by atoms with Gasteiger partial charge in [-0.3, -0.25) is 14.8 Å². The van der Waals surface area contributed by atoms with E-state index in [0.717, 1.165) is 63.9 Å². The van der Waals surface area contributed by atoms with E-state index in [9.17, 15) is 5.26 Å². The van der Waals surface area contributed by atoms with Crippen LogP contribution in [0.15, 0.2) is 49.2 Å². The Morgan fingerprint density at radius 1 is 1.07 bits per heavy atom. The lowest BCUT2D eigenvalue weighted by Crippen LogP contribution is -2.68. The number of piperazine rings is 1. The minimum absolute atomic E-state index is 0.392. The molecule has 9 rings (SSSR count). The van der Waals surface area contributed by atoms with Gasteiger partial charge in [0.2, 0.25) is 5.88 Å². The number of anilines is 1. The zero-order valence-electron chi connectivity index (χ0n) is 24.1. The highest BCUT2D eigenvalue weighted by Crippen LogP contribution is 2.38. The lowest BCUT2D eigenvalue weighted by atomic mass is 9.78. The van der Waals surface area contributed by atoms with Crippen LogP contribution in [0.25, 0.3) is 16.8 Å². The number of hydrogen-bond acceptors (Lipinski definition) is 11. The average molecular weight is 580 g/mol. The van der Waals surface area contributed by atoms with E-state index in [1.807, 2.05) is 30.7 Å². The molecule has 1 spiro atoms. The van der Waals surface area contributed by atoms with Crippen molar-refractivity contribution in [1.82, 2.24) is 34.4 Å². The van der Waals surface area contributed by atoms with E-state index in [1.54, 1.807) is 24.0 Å². The van der Waals surface area contributed by atoms with E-state index in [4.69, 9.17) is 24.2 Å². The van der Waals surface area contributed by atoms with Crippen LogP contribution in [-0.2, 0) is 11.3 Å². The van der Waals surface area contributed by atoms with Crippen LogP contribution in [0.2, 0.25) is 0 Å². The first kappa shape index (κ1) is 26.3. The molecule has 12 heteroatoms. The fourth-order valence-corrected chi connectivity index (χ4v) is 6.97. The van der Waals surface area contributed by atoms with Crippen molar-refractivity contribution in [3.05, 3.63) is 60.3 Å². The van der Waals surface area contributed by atoms with Crippen molar-refractivity contribution in [2.24, 2.45) is 5.41 Å². The molecular weight excluding hydrogens is 546 g/mol. The number of piperidine rings is 1. The minimum Gasteiger partial charge on any atom is -0.491 e. The first-order chi connectivity index (χ1) is 21.1. The van der Waals surface area contributed by atoms with E-state index < -0.39 is 0 Å². The molecule has 0 radical (unpaired) electrons. The van der Waals surface area contributed by atoms with Gasteiger partial charge in [0.05, 0.1) is 61.9 Å². The molecule has 2 bridgehead atoms. The molecule has 0 N–H and O–H groups in total. The third-order valence-electron chi connectivity index (χ3n) is 9.27. The molecule has 2 unspecified atom stereocenters. The number of fused-ring (bicyclic) bond motifs is 3. The molecule has 4 aromatic rings. The Hall–Kier alpha value is -4.31. The summed E-state index contributed by atoms with van der Waals surface area (Å²) in [6.07, 6.45) is 10.1. The summed E-state index contributed by atoms with van der Waals surface area (Å²) in [4.78, 5) is 21.3. The van der Waals surface area contributed by atoms with Gasteiger partial charge in [-0.2, -0.15) is 10.4 Å². The zero-order chi connectivity index (χ0) is 29.0. The van der Waals surface area contributed by atoms with Gasteiger partial charge >= 0.3 is 0 Å². The Morgan fingerprint density at radius 2 is 1.93 bits per heavy atom. The van der Waals surface area contributed by atoms with E-state index in [1.165, 1.54) is 12.0 Å². The maximum absolute atomic E-state index is 9.75. The number of aromatic nitrogens is 5. The van der Waals surface area contributed by atoms with Crippen molar-refractivity contribution in [1.29, 1.82) is 5.26 Å². The van der Waals surface area contributed by atoms with Gasteiger partial charge < -0.3 is 19.1 Å². The Balaban J connectivity index is 0.949.